The zero-order valence-electron chi connectivity index (χ0n) is 17.3. The minimum Gasteiger partial charge on any atom is -0.377 e. The molecule has 1 aromatic carbocycles. The van der Waals surface area contributed by atoms with Crippen molar-refractivity contribution >= 4 is 5.96 Å². The fourth-order valence-electron chi connectivity index (χ4n) is 3.51. The first-order valence-corrected chi connectivity index (χ1v) is 10.2. The molecule has 0 amide bonds. The fraction of sp³-hybridized carbons (Fsp3) is 0.450. The standard InChI is InChI=1S/C20H27N9O/c1-3-21-20(22-10-14-5-4-6-15(9-14)19-23-13-24-27-19)25-16-7-8-18-26-17(12-30-2)28-29(18)11-16/h4-6,9,13,16H,3,7-8,10-12H2,1-2H3,(H2,21,22,25)(H,23,24,27). The molecule has 1 unspecified atom stereocenters. The smallest absolute Gasteiger partial charge is 0.191 e. The first-order chi connectivity index (χ1) is 14.7. The number of aliphatic imine (C=N–C) groups is 1. The van der Waals surface area contributed by atoms with E-state index in [4.69, 9.17) is 9.73 Å². The van der Waals surface area contributed by atoms with Crippen LogP contribution in [0.5, 0.6) is 0 Å². The van der Waals surface area contributed by atoms with Gasteiger partial charge in [-0.15, -0.1) is 0 Å². The number of nitrogens with zero attached hydrogens (tertiary/aromatic N) is 6. The highest BCUT2D eigenvalue weighted by molar-refractivity contribution is 5.80. The number of fused-ring (bicyclic) bond motifs is 1. The van der Waals surface area contributed by atoms with Crippen LogP contribution in [0.4, 0.5) is 0 Å². The number of hydrogen-bond donors (Lipinski definition) is 3. The number of benzene rings is 1. The Hall–Kier alpha value is -3.27. The van der Waals surface area contributed by atoms with Crippen molar-refractivity contribution in [1.29, 1.82) is 0 Å². The van der Waals surface area contributed by atoms with Crippen LogP contribution in [0.1, 0.15) is 30.6 Å². The molecule has 4 rings (SSSR count). The van der Waals surface area contributed by atoms with Crippen molar-refractivity contribution in [3.8, 4) is 11.4 Å². The molecule has 3 heterocycles. The molecule has 1 aliphatic rings. The lowest BCUT2D eigenvalue weighted by atomic mass is 10.1. The Balaban J connectivity index is 1.41. The number of hydrogen-bond acceptors (Lipinski definition) is 6. The monoisotopic (exact) mass is 409 g/mol. The van der Waals surface area contributed by atoms with Crippen molar-refractivity contribution in [2.75, 3.05) is 13.7 Å². The zero-order valence-corrected chi connectivity index (χ0v) is 17.3. The lowest BCUT2D eigenvalue weighted by Crippen LogP contribution is -2.47. The lowest BCUT2D eigenvalue weighted by molar-refractivity contribution is 0.177. The summed E-state index contributed by atoms with van der Waals surface area (Å²) in [6.07, 6.45) is 3.37. The van der Waals surface area contributed by atoms with Gasteiger partial charge in [-0.2, -0.15) is 10.2 Å². The van der Waals surface area contributed by atoms with E-state index in [-0.39, 0.29) is 6.04 Å². The van der Waals surface area contributed by atoms with Gasteiger partial charge in [0.05, 0.1) is 13.1 Å². The van der Waals surface area contributed by atoms with E-state index in [1.54, 1.807) is 7.11 Å². The maximum absolute atomic E-state index is 5.14. The number of aryl methyl sites for hydroxylation is 1. The maximum atomic E-state index is 5.14. The molecule has 1 aliphatic heterocycles. The van der Waals surface area contributed by atoms with E-state index in [0.717, 1.165) is 60.5 Å². The van der Waals surface area contributed by atoms with Crippen LogP contribution in [-0.4, -0.2) is 55.6 Å². The second-order valence-electron chi connectivity index (χ2n) is 7.17. The molecule has 0 saturated carbocycles. The first-order valence-electron chi connectivity index (χ1n) is 10.2. The van der Waals surface area contributed by atoms with E-state index >= 15 is 0 Å². The highest BCUT2D eigenvalue weighted by atomic mass is 16.5. The average Bonchev–Trinajstić information content (AvgIpc) is 3.42. The van der Waals surface area contributed by atoms with Gasteiger partial charge in [0.1, 0.15) is 18.8 Å². The second-order valence-corrected chi connectivity index (χ2v) is 7.17. The van der Waals surface area contributed by atoms with E-state index < -0.39 is 0 Å². The largest absolute Gasteiger partial charge is 0.377 e. The van der Waals surface area contributed by atoms with Gasteiger partial charge in [-0.05, 0) is 25.0 Å². The molecule has 0 saturated heterocycles. The number of ether oxygens (including phenoxy) is 1. The van der Waals surface area contributed by atoms with Crippen LogP contribution in [0.3, 0.4) is 0 Å². The predicted molar refractivity (Wildman–Crippen MR) is 113 cm³/mol. The Bertz CT molecular complexity index is 980. The summed E-state index contributed by atoms with van der Waals surface area (Å²) < 4.78 is 7.11. The van der Waals surface area contributed by atoms with Crippen molar-refractivity contribution in [2.45, 2.75) is 45.5 Å². The third-order valence-electron chi connectivity index (χ3n) is 4.90. The molecule has 0 spiro atoms. The first kappa shape index (κ1) is 20.0. The van der Waals surface area contributed by atoms with E-state index in [1.165, 1.54) is 6.33 Å². The highest BCUT2D eigenvalue weighted by Crippen LogP contribution is 2.16. The number of nitrogens with one attached hydrogen (secondary N) is 3. The van der Waals surface area contributed by atoms with Crippen LogP contribution in [0.15, 0.2) is 35.6 Å². The summed E-state index contributed by atoms with van der Waals surface area (Å²) in [6, 6.07) is 8.40. The third-order valence-corrected chi connectivity index (χ3v) is 4.90. The molecular weight excluding hydrogens is 382 g/mol. The average molecular weight is 409 g/mol. The molecule has 2 aromatic heterocycles. The predicted octanol–water partition coefficient (Wildman–Crippen LogP) is 1.28. The van der Waals surface area contributed by atoms with Crippen LogP contribution < -0.4 is 10.6 Å². The van der Waals surface area contributed by atoms with Crippen molar-refractivity contribution in [3.63, 3.8) is 0 Å². The molecule has 0 bridgehead atoms. The van der Waals surface area contributed by atoms with E-state index in [9.17, 15) is 0 Å². The number of H-pyrrole nitrogens is 1. The molecule has 30 heavy (non-hydrogen) atoms. The quantitative estimate of drug-likeness (QED) is 0.397. The Labute approximate surface area is 175 Å². The molecule has 10 heteroatoms. The third kappa shape index (κ3) is 4.82. The molecule has 0 aliphatic carbocycles. The normalized spacial score (nSPS) is 16.3. The van der Waals surface area contributed by atoms with Crippen molar-refractivity contribution in [2.24, 2.45) is 4.99 Å². The molecule has 158 valence electrons. The molecule has 0 radical (unpaired) electrons. The summed E-state index contributed by atoms with van der Waals surface area (Å²) in [5.41, 5.74) is 2.10. The minimum absolute atomic E-state index is 0.243. The Kier molecular flexibility index (Phi) is 6.33. The summed E-state index contributed by atoms with van der Waals surface area (Å²) in [5.74, 6) is 3.31. The van der Waals surface area contributed by atoms with Crippen LogP contribution in [0.25, 0.3) is 11.4 Å². The molecule has 0 fully saturated rings. The van der Waals surface area contributed by atoms with Gasteiger partial charge in [0.25, 0.3) is 0 Å². The summed E-state index contributed by atoms with van der Waals surface area (Å²) in [4.78, 5) is 13.5. The Morgan fingerprint density at radius 3 is 3.13 bits per heavy atom. The van der Waals surface area contributed by atoms with E-state index in [0.29, 0.717) is 13.2 Å². The van der Waals surface area contributed by atoms with Gasteiger partial charge >= 0.3 is 0 Å². The summed E-state index contributed by atoms with van der Waals surface area (Å²) in [5, 5.41) is 18.2. The number of aromatic amines is 1. The molecule has 1 atom stereocenters. The van der Waals surface area contributed by atoms with Gasteiger partial charge in [-0.1, -0.05) is 18.2 Å². The van der Waals surface area contributed by atoms with Gasteiger partial charge < -0.3 is 15.4 Å². The SMILES string of the molecule is CCNC(=NCc1cccc(-c2ncn[nH]2)c1)NC1CCc2nc(COC)nn2C1. The van der Waals surface area contributed by atoms with E-state index in [2.05, 4.69) is 55.0 Å². The number of aromatic nitrogens is 6. The van der Waals surface area contributed by atoms with Crippen LogP contribution in [0.2, 0.25) is 0 Å². The van der Waals surface area contributed by atoms with Gasteiger partial charge in [-0.3, -0.25) is 5.10 Å². The molecule has 10 nitrogen and oxygen atoms in total. The molecular formula is C20H27N9O. The van der Waals surface area contributed by atoms with Crippen LogP contribution in [0, 0.1) is 0 Å². The van der Waals surface area contributed by atoms with Crippen molar-refractivity contribution in [1.82, 2.24) is 40.6 Å². The summed E-state index contributed by atoms with van der Waals surface area (Å²) >= 11 is 0. The number of guanidine groups is 1. The maximum Gasteiger partial charge on any atom is 0.191 e. The van der Waals surface area contributed by atoms with Gasteiger partial charge in [-0.25, -0.2) is 19.6 Å². The summed E-state index contributed by atoms with van der Waals surface area (Å²) in [6.45, 7) is 4.63. The molecule has 3 aromatic rings. The Morgan fingerprint density at radius 1 is 1.40 bits per heavy atom. The van der Waals surface area contributed by atoms with Crippen LogP contribution in [-0.2, 0) is 30.9 Å². The van der Waals surface area contributed by atoms with Gasteiger partial charge in [0, 0.05) is 31.7 Å². The number of rotatable bonds is 7. The van der Waals surface area contributed by atoms with Gasteiger partial charge in [0.2, 0.25) is 0 Å². The highest BCUT2D eigenvalue weighted by Gasteiger charge is 2.22. The van der Waals surface area contributed by atoms with Crippen LogP contribution >= 0.6 is 0 Å². The Morgan fingerprint density at radius 2 is 2.33 bits per heavy atom. The fourth-order valence-corrected chi connectivity index (χ4v) is 3.51. The van der Waals surface area contributed by atoms with Gasteiger partial charge in [0.15, 0.2) is 17.6 Å². The van der Waals surface area contributed by atoms with Crippen molar-refractivity contribution < 1.29 is 4.74 Å². The topological polar surface area (TPSA) is 118 Å². The zero-order chi connectivity index (χ0) is 20.8. The van der Waals surface area contributed by atoms with Crippen molar-refractivity contribution in [3.05, 3.63) is 47.8 Å². The summed E-state index contributed by atoms with van der Waals surface area (Å²) in [7, 11) is 1.66. The van der Waals surface area contributed by atoms with E-state index in [1.807, 2.05) is 16.8 Å². The molecule has 3 N–H and O–H groups in total. The number of methoxy groups -OCH3 is 1. The lowest BCUT2D eigenvalue weighted by Gasteiger charge is -2.25. The second kappa shape index (κ2) is 9.49. The minimum atomic E-state index is 0.243.